The lowest BCUT2D eigenvalue weighted by Crippen LogP contribution is -1.94. The van der Waals surface area contributed by atoms with Crippen LogP contribution in [-0.2, 0) is 0 Å². The molecule has 0 radical (unpaired) electrons. The monoisotopic (exact) mass is 270 g/mol. The first kappa shape index (κ1) is 14.0. The molecule has 0 spiro atoms. The number of methoxy groups -OCH3 is 3. The zero-order chi connectivity index (χ0) is 14.4. The fourth-order valence-corrected chi connectivity index (χ4v) is 1.94. The molecule has 3 nitrogen and oxygen atoms in total. The average molecular weight is 270 g/mol. The van der Waals surface area contributed by atoms with Gasteiger partial charge in [-0.25, -0.2) is 0 Å². The van der Waals surface area contributed by atoms with Gasteiger partial charge in [0.15, 0.2) is 0 Å². The summed E-state index contributed by atoms with van der Waals surface area (Å²) in [6.45, 7) is 0. The van der Waals surface area contributed by atoms with E-state index in [0.29, 0.717) is 17.2 Å². The first-order valence-electron chi connectivity index (χ1n) is 6.31. The summed E-state index contributed by atoms with van der Waals surface area (Å²) in [4.78, 5) is 0. The topological polar surface area (TPSA) is 27.7 Å². The van der Waals surface area contributed by atoms with Gasteiger partial charge in [0.2, 0.25) is 0 Å². The molecular weight excluding hydrogens is 252 g/mol. The normalized spacial score (nSPS) is 10.6. The standard InChI is InChI=1S/C17H18O3/c1-18-14-11-16(19-2)15(17(12-14)20-3)10-9-13-7-5-4-6-8-13/h4-12H,1-3H3/b10-9+. The van der Waals surface area contributed by atoms with Crippen molar-refractivity contribution in [2.24, 2.45) is 0 Å². The smallest absolute Gasteiger partial charge is 0.133 e. The molecular formula is C17H18O3. The molecule has 0 unspecified atom stereocenters. The van der Waals surface area contributed by atoms with E-state index in [1.54, 1.807) is 21.3 Å². The minimum atomic E-state index is 0.704. The van der Waals surface area contributed by atoms with Crippen LogP contribution >= 0.6 is 0 Å². The van der Waals surface area contributed by atoms with E-state index < -0.39 is 0 Å². The fourth-order valence-electron chi connectivity index (χ4n) is 1.94. The highest BCUT2D eigenvalue weighted by atomic mass is 16.5. The Kier molecular flexibility index (Phi) is 4.66. The zero-order valence-corrected chi connectivity index (χ0v) is 11.9. The second-order valence-corrected chi connectivity index (χ2v) is 4.19. The molecule has 104 valence electrons. The summed E-state index contributed by atoms with van der Waals surface area (Å²) in [6.07, 6.45) is 4.00. The molecule has 3 heteroatoms. The Hall–Kier alpha value is -2.42. The van der Waals surface area contributed by atoms with Gasteiger partial charge >= 0.3 is 0 Å². The summed E-state index contributed by atoms with van der Waals surface area (Å²) in [7, 11) is 4.88. The Bertz CT molecular complexity index is 563. The maximum absolute atomic E-state index is 5.41. The lowest BCUT2D eigenvalue weighted by Gasteiger charge is -2.12. The van der Waals surface area contributed by atoms with Gasteiger partial charge in [0, 0.05) is 12.1 Å². The molecule has 20 heavy (non-hydrogen) atoms. The van der Waals surface area contributed by atoms with Crippen LogP contribution in [0.1, 0.15) is 11.1 Å². The first-order chi connectivity index (χ1) is 9.78. The second kappa shape index (κ2) is 6.66. The highest BCUT2D eigenvalue weighted by Gasteiger charge is 2.10. The molecule has 2 rings (SSSR count). The molecule has 0 aliphatic heterocycles. The van der Waals surface area contributed by atoms with Crippen LogP contribution in [0.3, 0.4) is 0 Å². The molecule has 0 saturated heterocycles. The highest BCUT2D eigenvalue weighted by molar-refractivity contribution is 5.76. The minimum Gasteiger partial charge on any atom is -0.496 e. The Morgan fingerprint density at radius 1 is 0.750 bits per heavy atom. The van der Waals surface area contributed by atoms with Crippen LogP contribution in [0.4, 0.5) is 0 Å². The number of rotatable bonds is 5. The van der Waals surface area contributed by atoms with Gasteiger partial charge in [-0.15, -0.1) is 0 Å². The van der Waals surface area contributed by atoms with Gasteiger partial charge in [0.05, 0.1) is 26.9 Å². The predicted molar refractivity (Wildman–Crippen MR) is 81.5 cm³/mol. The lowest BCUT2D eigenvalue weighted by molar-refractivity contribution is 0.374. The fraction of sp³-hybridized carbons (Fsp3) is 0.176. The number of hydrogen-bond acceptors (Lipinski definition) is 3. The van der Waals surface area contributed by atoms with E-state index in [9.17, 15) is 0 Å². The number of benzene rings is 2. The SMILES string of the molecule is COc1cc(OC)c(/C=C/c2ccccc2)c(OC)c1. The Morgan fingerprint density at radius 2 is 1.35 bits per heavy atom. The molecule has 0 heterocycles. The largest absolute Gasteiger partial charge is 0.496 e. The van der Waals surface area contributed by atoms with Crippen LogP contribution in [0, 0.1) is 0 Å². The quantitative estimate of drug-likeness (QED) is 0.772. The molecule has 0 N–H and O–H groups in total. The van der Waals surface area contributed by atoms with Gasteiger partial charge < -0.3 is 14.2 Å². The van der Waals surface area contributed by atoms with Gasteiger partial charge in [0.25, 0.3) is 0 Å². The summed E-state index contributed by atoms with van der Waals surface area (Å²) in [5, 5.41) is 0. The van der Waals surface area contributed by atoms with Crippen LogP contribution in [0.15, 0.2) is 42.5 Å². The summed E-state index contributed by atoms with van der Waals surface area (Å²) in [5.74, 6) is 2.14. The van der Waals surface area contributed by atoms with Crippen molar-refractivity contribution in [3.05, 3.63) is 53.6 Å². The first-order valence-corrected chi connectivity index (χ1v) is 6.31. The van der Waals surface area contributed by atoms with Gasteiger partial charge in [-0.05, 0) is 11.6 Å². The van der Waals surface area contributed by atoms with Crippen molar-refractivity contribution >= 4 is 12.2 Å². The maximum Gasteiger partial charge on any atom is 0.133 e. The zero-order valence-electron chi connectivity index (χ0n) is 11.9. The van der Waals surface area contributed by atoms with Crippen molar-refractivity contribution in [1.29, 1.82) is 0 Å². The second-order valence-electron chi connectivity index (χ2n) is 4.19. The van der Waals surface area contributed by atoms with Crippen LogP contribution in [0.25, 0.3) is 12.2 Å². The van der Waals surface area contributed by atoms with E-state index in [0.717, 1.165) is 11.1 Å². The third kappa shape index (κ3) is 3.12. The van der Waals surface area contributed by atoms with Gasteiger partial charge in [-0.2, -0.15) is 0 Å². The predicted octanol–water partition coefficient (Wildman–Crippen LogP) is 3.88. The molecule has 0 bridgehead atoms. The maximum atomic E-state index is 5.41. The van der Waals surface area contributed by atoms with E-state index >= 15 is 0 Å². The molecule has 0 aliphatic rings. The van der Waals surface area contributed by atoms with E-state index in [4.69, 9.17) is 14.2 Å². The molecule has 0 saturated carbocycles. The van der Waals surface area contributed by atoms with Crippen molar-refractivity contribution in [1.82, 2.24) is 0 Å². The third-order valence-electron chi connectivity index (χ3n) is 3.00. The van der Waals surface area contributed by atoms with Crippen molar-refractivity contribution in [2.75, 3.05) is 21.3 Å². The van der Waals surface area contributed by atoms with Crippen molar-refractivity contribution in [3.8, 4) is 17.2 Å². The van der Waals surface area contributed by atoms with Crippen LogP contribution in [-0.4, -0.2) is 21.3 Å². The summed E-state index contributed by atoms with van der Waals surface area (Å²) in [5.41, 5.74) is 2.01. The molecule has 0 fully saturated rings. The highest BCUT2D eigenvalue weighted by Crippen LogP contribution is 2.35. The van der Waals surface area contributed by atoms with Gasteiger partial charge in [-0.1, -0.05) is 36.4 Å². The van der Waals surface area contributed by atoms with E-state index in [1.807, 2.05) is 54.6 Å². The molecule has 0 amide bonds. The van der Waals surface area contributed by atoms with E-state index in [-0.39, 0.29) is 0 Å². The average Bonchev–Trinajstić information content (AvgIpc) is 2.52. The summed E-state index contributed by atoms with van der Waals surface area (Å²) < 4.78 is 16.0. The van der Waals surface area contributed by atoms with Crippen LogP contribution in [0.5, 0.6) is 17.2 Å². The summed E-state index contributed by atoms with van der Waals surface area (Å²) in [6, 6.07) is 13.8. The van der Waals surface area contributed by atoms with E-state index in [2.05, 4.69) is 0 Å². The molecule has 0 aromatic heterocycles. The Balaban J connectivity index is 2.42. The van der Waals surface area contributed by atoms with Crippen LogP contribution in [0.2, 0.25) is 0 Å². The third-order valence-corrected chi connectivity index (χ3v) is 3.00. The van der Waals surface area contributed by atoms with Crippen molar-refractivity contribution < 1.29 is 14.2 Å². The van der Waals surface area contributed by atoms with Crippen molar-refractivity contribution in [3.63, 3.8) is 0 Å². The Morgan fingerprint density at radius 3 is 1.85 bits per heavy atom. The minimum absolute atomic E-state index is 0.704. The summed E-state index contributed by atoms with van der Waals surface area (Å²) >= 11 is 0. The Labute approximate surface area is 119 Å². The number of ether oxygens (including phenoxy) is 3. The van der Waals surface area contributed by atoms with Gasteiger partial charge in [-0.3, -0.25) is 0 Å². The molecule has 2 aromatic carbocycles. The van der Waals surface area contributed by atoms with Crippen LogP contribution < -0.4 is 14.2 Å². The van der Waals surface area contributed by atoms with Crippen molar-refractivity contribution in [2.45, 2.75) is 0 Å². The molecule has 2 aromatic rings. The van der Waals surface area contributed by atoms with E-state index in [1.165, 1.54) is 0 Å². The molecule has 0 atom stereocenters. The molecule has 0 aliphatic carbocycles. The number of hydrogen-bond donors (Lipinski definition) is 0. The lowest BCUT2D eigenvalue weighted by atomic mass is 10.1. The van der Waals surface area contributed by atoms with Gasteiger partial charge in [0.1, 0.15) is 17.2 Å².